The fourth-order valence-corrected chi connectivity index (χ4v) is 13.3. The molecule has 4 aromatic carbocycles. The minimum Gasteiger partial charge on any atom is -0.507 e. The molecule has 4 aliphatic rings. The van der Waals surface area contributed by atoms with E-state index in [2.05, 4.69) is 43.7 Å². The van der Waals surface area contributed by atoms with Gasteiger partial charge >= 0.3 is 11.9 Å². The molecule has 2 N–H and O–H groups in total. The highest BCUT2D eigenvalue weighted by Crippen LogP contribution is 2.50. The topological polar surface area (TPSA) is 177 Å². The number of likely N-dealkylation sites (N-methyl/N-ethyl adjacent to an activating group) is 2. The van der Waals surface area contributed by atoms with Gasteiger partial charge < -0.3 is 47.8 Å². The Bertz CT molecular complexity index is 3580. The fourth-order valence-electron chi connectivity index (χ4n) is 13.3. The van der Waals surface area contributed by atoms with Crippen molar-refractivity contribution in [3.05, 3.63) is 130 Å². The predicted octanol–water partition coefficient (Wildman–Crippen LogP) is 12.9. The van der Waals surface area contributed by atoms with Crippen molar-refractivity contribution < 1.29 is 47.6 Å². The van der Waals surface area contributed by atoms with Gasteiger partial charge in [0.05, 0.1) is 38.5 Å². The van der Waals surface area contributed by atoms with Crippen LogP contribution < -0.4 is 9.47 Å². The van der Waals surface area contributed by atoms with Crippen LogP contribution in [0, 0.1) is 25.7 Å². The third-order valence-corrected chi connectivity index (χ3v) is 18.1. The molecule has 2 aliphatic heterocycles. The van der Waals surface area contributed by atoms with Gasteiger partial charge in [-0.1, -0.05) is 44.9 Å². The number of carbonyl (C=O) groups excluding carboxylic acids is 2. The Balaban J connectivity index is 0.000000175. The molecule has 2 saturated carbocycles. The molecule has 16 nitrogen and oxygen atoms in total. The summed E-state index contributed by atoms with van der Waals surface area (Å²) in [7, 11) is 4.24. The van der Waals surface area contributed by atoms with Crippen molar-refractivity contribution in [2.45, 2.75) is 104 Å². The molecule has 16 heteroatoms. The first-order valence-corrected chi connectivity index (χ1v) is 30.6. The Morgan fingerprint density at radius 3 is 1.39 bits per heavy atom. The number of rotatable bonds is 19. The Morgan fingerprint density at radius 1 is 0.560 bits per heavy atom. The van der Waals surface area contributed by atoms with E-state index in [4.69, 9.17) is 27.8 Å². The number of aromatic nitrogens is 2. The molecule has 0 spiro atoms. The van der Waals surface area contributed by atoms with Crippen molar-refractivity contribution in [1.82, 2.24) is 29.6 Å². The number of hydrogen-bond donors (Lipinski definition) is 2. The molecule has 0 amide bonds. The molecular weight excluding hydrogens is 1060 g/mol. The maximum absolute atomic E-state index is 13.4. The maximum atomic E-state index is 13.4. The van der Waals surface area contributed by atoms with Gasteiger partial charge in [-0.3, -0.25) is 19.8 Å². The molecule has 0 radical (unpaired) electrons. The molecule has 8 aromatic rings. The summed E-state index contributed by atoms with van der Waals surface area (Å²) >= 11 is 0. The molecule has 444 valence electrons. The maximum Gasteiger partial charge on any atom is 0.342 e. The lowest BCUT2D eigenvalue weighted by atomic mass is 9.82. The Labute approximate surface area is 492 Å². The number of benzene rings is 4. The highest BCUT2D eigenvalue weighted by molar-refractivity contribution is 6.18. The molecule has 2 atom stereocenters. The number of fused-ring (bicyclic) bond motifs is 6. The van der Waals surface area contributed by atoms with Gasteiger partial charge in [-0.15, -0.1) is 0 Å². The summed E-state index contributed by atoms with van der Waals surface area (Å²) in [5, 5.41) is 28.2. The minimum absolute atomic E-state index is 0.140. The Morgan fingerprint density at radius 2 is 0.976 bits per heavy atom. The normalized spacial score (nSPS) is 17.5. The first kappa shape index (κ1) is 58.5. The summed E-state index contributed by atoms with van der Waals surface area (Å²) in [5.74, 6) is 3.35. The second-order valence-corrected chi connectivity index (χ2v) is 23.5. The van der Waals surface area contributed by atoms with Crippen LogP contribution in [-0.2, 0) is 9.47 Å². The summed E-state index contributed by atoms with van der Waals surface area (Å²) < 4.78 is 36.2. The summed E-state index contributed by atoms with van der Waals surface area (Å²) in [6.45, 7) is 15.8. The molecule has 2 aliphatic carbocycles. The standard InChI is InChI=1S/2C34H41N3O5/c1-4-40-34(39)28-22(2)42-33-27-21-25(41-20-6-9-23-7-5-8-23)10-11-26(27)32(38)30(29(28)33)31(24-12-14-35-15-13-24)37-18-16-36(3)17-19-37;1-4-40-34(39)28-22(2)42-33-27-21-25(41-20-13-23-7-5-6-8-23)9-10-26(27)32(38)30(29(28)33)31(24-11-14-35-15-12-24)37-18-16-36(3)17-19-37/h10-15,21,23,31,38H,4-9,16-20H2,1-3H3;9-12,14-15,21,23,31,38H,4-8,13,16-20H2,1-3H3. The first-order chi connectivity index (χ1) is 40.9. The van der Waals surface area contributed by atoms with E-state index in [-0.39, 0.29) is 36.8 Å². The van der Waals surface area contributed by atoms with Crippen LogP contribution in [0.1, 0.15) is 145 Å². The van der Waals surface area contributed by atoms with Crippen molar-refractivity contribution in [3.63, 3.8) is 0 Å². The van der Waals surface area contributed by atoms with Crippen LogP contribution in [0.2, 0.25) is 0 Å². The number of furan rings is 2. The lowest BCUT2D eigenvalue weighted by molar-refractivity contribution is 0.0516. The average Bonchev–Trinajstić information content (AvgIpc) is 1.99. The summed E-state index contributed by atoms with van der Waals surface area (Å²) in [5.41, 5.74) is 5.14. The monoisotopic (exact) mass is 1140 g/mol. The van der Waals surface area contributed by atoms with Crippen LogP contribution in [0.15, 0.2) is 94.3 Å². The van der Waals surface area contributed by atoms with Crippen LogP contribution in [0.25, 0.3) is 43.5 Å². The van der Waals surface area contributed by atoms with Gasteiger partial charge in [0.15, 0.2) is 0 Å². The van der Waals surface area contributed by atoms with Crippen LogP contribution in [0.3, 0.4) is 0 Å². The molecule has 2 saturated heterocycles. The SMILES string of the molecule is CCOC(=O)c1c(C)oc2c1c(C(c1ccncc1)N1CCN(C)CC1)c(O)c1ccc(OCCC3CCCC3)cc12.CCOC(=O)c1c(C)oc2c1c(C(c1ccncc1)N1CCN(C)CC1)c(O)c1ccc(OCCCC3CCC3)cc12. The van der Waals surface area contributed by atoms with E-state index < -0.39 is 11.9 Å². The van der Waals surface area contributed by atoms with E-state index in [9.17, 15) is 19.8 Å². The number of phenols is 2. The second-order valence-electron chi connectivity index (χ2n) is 23.5. The van der Waals surface area contributed by atoms with Crippen molar-refractivity contribution in [2.24, 2.45) is 11.8 Å². The number of phenolic OH excluding ortho intramolecular Hbond substituents is 2. The van der Waals surface area contributed by atoms with Crippen molar-refractivity contribution in [3.8, 4) is 23.0 Å². The van der Waals surface area contributed by atoms with E-state index in [1.165, 1.54) is 51.4 Å². The van der Waals surface area contributed by atoms with Crippen LogP contribution in [-0.4, -0.2) is 145 Å². The molecule has 0 bridgehead atoms. The largest absolute Gasteiger partial charge is 0.507 e. The van der Waals surface area contributed by atoms with Crippen molar-refractivity contribution in [2.75, 3.05) is 92.9 Å². The number of nitrogens with zero attached hydrogens (tertiary/aromatic N) is 6. The minimum atomic E-state index is -0.455. The number of pyridine rings is 2. The zero-order valence-electron chi connectivity index (χ0n) is 49.8. The number of ether oxygens (including phenoxy) is 4. The van der Waals surface area contributed by atoms with Crippen molar-refractivity contribution in [1.29, 1.82) is 0 Å². The second kappa shape index (κ2) is 26.4. The number of piperazine rings is 2. The average molecular weight is 1140 g/mol. The molecule has 2 unspecified atom stereocenters. The van der Waals surface area contributed by atoms with Crippen LogP contribution >= 0.6 is 0 Å². The number of esters is 2. The van der Waals surface area contributed by atoms with Crippen LogP contribution in [0.4, 0.5) is 0 Å². The van der Waals surface area contributed by atoms with E-state index in [0.717, 1.165) is 105 Å². The summed E-state index contributed by atoms with van der Waals surface area (Å²) in [6, 6.07) is 18.8. The van der Waals surface area contributed by atoms with Crippen molar-refractivity contribution >= 4 is 55.4 Å². The summed E-state index contributed by atoms with van der Waals surface area (Å²) in [6.07, 6.45) is 19.6. The molecular formula is C68H82N6O10. The quantitative estimate of drug-likeness (QED) is 0.0577. The molecule has 84 heavy (non-hydrogen) atoms. The van der Waals surface area contributed by atoms with Crippen LogP contribution in [0.5, 0.6) is 23.0 Å². The smallest absolute Gasteiger partial charge is 0.342 e. The van der Waals surface area contributed by atoms with E-state index in [0.29, 0.717) is 85.1 Å². The lowest BCUT2D eigenvalue weighted by Gasteiger charge is -2.39. The third-order valence-electron chi connectivity index (χ3n) is 18.1. The molecule has 6 heterocycles. The van der Waals surface area contributed by atoms with Gasteiger partial charge in [0.1, 0.15) is 56.8 Å². The zero-order valence-corrected chi connectivity index (χ0v) is 49.8. The predicted molar refractivity (Wildman–Crippen MR) is 327 cm³/mol. The number of aryl methyl sites for hydroxylation is 2. The first-order valence-electron chi connectivity index (χ1n) is 30.6. The van der Waals surface area contributed by atoms with Gasteiger partial charge in [0.2, 0.25) is 0 Å². The van der Waals surface area contributed by atoms with E-state index >= 15 is 0 Å². The Kier molecular flexibility index (Phi) is 18.4. The fraction of sp³-hybridized carbons (Fsp3) is 0.471. The number of aromatic hydroxyl groups is 2. The summed E-state index contributed by atoms with van der Waals surface area (Å²) in [4.78, 5) is 44.7. The van der Waals surface area contributed by atoms with Gasteiger partial charge in [-0.25, -0.2) is 9.59 Å². The molecule has 12 rings (SSSR count). The number of carbonyl (C=O) groups is 2. The van der Waals surface area contributed by atoms with Gasteiger partial charge in [-0.2, -0.15) is 0 Å². The molecule has 4 aromatic heterocycles. The number of hydrogen-bond acceptors (Lipinski definition) is 16. The van der Waals surface area contributed by atoms with Gasteiger partial charge in [0.25, 0.3) is 0 Å². The highest BCUT2D eigenvalue weighted by Gasteiger charge is 2.37. The lowest BCUT2D eigenvalue weighted by Crippen LogP contribution is -2.46. The third kappa shape index (κ3) is 12.2. The molecule has 4 fully saturated rings. The van der Waals surface area contributed by atoms with Gasteiger partial charge in [0, 0.05) is 121 Å². The van der Waals surface area contributed by atoms with E-state index in [1.54, 1.807) is 52.5 Å². The van der Waals surface area contributed by atoms with Gasteiger partial charge in [-0.05, 0) is 145 Å². The zero-order chi connectivity index (χ0) is 58.4. The highest BCUT2D eigenvalue weighted by atomic mass is 16.5. The Hall–Kier alpha value is -7.24. The van der Waals surface area contributed by atoms with E-state index in [1.807, 2.05) is 60.7 Å².